The Morgan fingerprint density at radius 3 is 2.73 bits per heavy atom. The van der Waals surface area contributed by atoms with Gasteiger partial charge in [0.15, 0.2) is 0 Å². The van der Waals surface area contributed by atoms with Gasteiger partial charge in [0.1, 0.15) is 17.1 Å². The quantitative estimate of drug-likeness (QED) is 0.178. The first-order valence-electron chi connectivity index (χ1n) is 8.23. The zero-order valence-electron chi connectivity index (χ0n) is 14.9. The van der Waals surface area contributed by atoms with E-state index in [1.54, 1.807) is 6.07 Å². The molecule has 1 aromatic rings. The predicted molar refractivity (Wildman–Crippen MR) is 102 cm³/mol. The van der Waals surface area contributed by atoms with Gasteiger partial charge >= 0.3 is 0 Å². The van der Waals surface area contributed by atoms with E-state index in [0.717, 1.165) is 12.8 Å². The number of nitro benzene ring substituents is 1. The Morgan fingerprint density at radius 1 is 1.54 bits per heavy atom. The molecule has 0 saturated carbocycles. The number of aliphatic imine (C=N–C) groups is 1. The van der Waals surface area contributed by atoms with E-state index in [-0.39, 0.29) is 23.3 Å². The molecule has 8 heteroatoms. The number of nitro groups is 1. The van der Waals surface area contributed by atoms with Crippen molar-refractivity contribution in [2.45, 2.75) is 38.4 Å². The number of benzene rings is 1. The number of hydrogen-bond acceptors (Lipinski definition) is 6. The van der Waals surface area contributed by atoms with Gasteiger partial charge in [-0.25, -0.2) is 4.99 Å². The highest BCUT2D eigenvalue weighted by molar-refractivity contribution is 5.89. The molecule has 8 nitrogen and oxygen atoms in total. The second kappa shape index (κ2) is 7.67. The van der Waals surface area contributed by atoms with Crippen LogP contribution in [0.3, 0.4) is 0 Å². The Kier molecular flexibility index (Phi) is 5.79. The second-order valence-corrected chi connectivity index (χ2v) is 6.62. The highest BCUT2D eigenvalue weighted by atomic mass is 16.6. The zero-order chi connectivity index (χ0) is 19.5. The molecule has 0 amide bonds. The lowest BCUT2D eigenvalue weighted by Crippen LogP contribution is -2.37. The van der Waals surface area contributed by atoms with Crippen molar-refractivity contribution in [1.82, 2.24) is 0 Å². The average Bonchev–Trinajstić information content (AvgIpc) is 3.09. The van der Waals surface area contributed by atoms with Crippen LogP contribution in [0.2, 0.25) is 0 Å². The minimum atomic E-state index is -1.28. The molecule has 1 aliphatic rings. The molecule has 0 spiro atoms. The van der Waals surface area contributed by atoms with Crippen LogP contribution in [0.25, 0.3) is 5.57 Å². The van der Waals surface area contributed by atoms with Gasteiger partial charge in [0.05, 0.1) is 11.0 Å². The van der Waals surface area contributed by atoms with Gasteiger partial charge in [0, 0.05) is 24.4 Å². The van der Waals surface area contributed by atoms with Crippen molar-refractivity contribution >= 4 is 22.8 Å². The molecule has 0 aliphatic carbocycles. The minimum absolute atomic E-state index is 0.0149. The van der Waals surface area contributed by atoms with Crippen LogP contribution in [0.1, 0.15) is 43.9 Å². The third-order valence-electron chi connectivity index (χ3n) is 4.19. The summed E-state index contributed by atoms with van der Waals surface area (Å²) in [4.78, 5) is 14.9. The van der Waals surface area contributed by atoms with Crippen LogP contribution in [0.4, 0.5) is 11.4 Å². The van der Waals surface area contributed by atoms with Crippen molar-refractivity contribution in [1.29, 1.82) is 0 Å². The lowest BCUT2D eigenvalue weighted by Gasteiger charge is -2.16. The van der Waals surface area contributed by atoms with Crippen LogP contribution in [-0.4, -0.2) is 28.1 Å². The number of nitrogen functional groups attached to an aromatic ring is 1. The topological polar surface area (TPSA) is 137 Å². The van der Waals surface area contributed by atoms with Gasteiger partial charge in [-0.05, 0) is 43.9 Å². The average molecular weight is 360 g/mol. The normalized spacial score (nSPS) is 18.8. The summed E-state index contributed by atoms with van der Waals surface area (Å²) in [7, 11) is 0. The second-order valence-electron chi connectivity index (χ2n) is 6.62. The zero-order valence-corrected chi connectivity index (χ0v) is 14.9. The van der Waals surface area contributed by atoms with Gasteiger partial charge in [0.25, 0.3) is 5.69 Å². The van der Waals surface area contributed by atoms with Gasteiger partial charge in [-0.1, -0.05) is 12.7 Å². The van der Waals surface area contributed by atoms with E-state index < -0.39 is 10.5 Å². The molecule has 0 bridgehead atoms. The number of aliphatic hydroxyl groups is 1. The molecule has 140 valence electrons. The molecule has 1 fully saturated rings. The van der Waals surface area contributed by atoms with E-state index in [9.17, 15) is 15.2 Å². The van der Waals surface area contributed by atoms with Crippen molar-refractivity contribution in [2.75, 3.05) is 12.3 Å². The monoisotopic (exact) mass is 360 g/mol. The van der Waals surface area contributed by atoms with Crippen molar-refractivity contribution < 1.29 is 14.8 Å². The van der Waals surface area contributed by atoms with Crippen molar-refractivity contribution in [3.05, 3.63) is 52.2 Å². The van der Waals surface area contributed by atoms with Gasteiger partial charge in [0.2, 0.25) is 0 Å². The number of allylic oxidation sites excluding steroid dienone is 2. The van der Waals surface area contributed by atoms with Crippen molar-refractivity contribution in [2.24, 2.45) is 10.7 Å². The van der Waals surface area contributed by atoms with Crippen LogP contribution in [-0.2, 0) is 4.74 Å². The van der Waals surface area contributed by atoms with Crippen LogP contribution in [0.15, 0.2) is 36.0 Å². The molecule has 1 heterocycles. The summed E-state index contributed by atoms with van der Waals surface area (Å²) in [6.07, 6.45) is 4.27. The number of amidine groups is 1. The highest BCUT2D eigenvalue weighted by Gasteiger charge is 2.26. The molecule has 26 heavy (non-hydrogen) atoms. The molecule has 0 aromatic heterocycles. The van der Waals surface area contributed by atoms with Crippen LogP contribution >= 0.6 is 0 Å². The van der Waals surface area contributed by atoms with E-state index >= 15 is 0 Å². The summed E-state index contributed by atoms with van der Waals surface area (Å²) in [6, 6.07) is 3.12. The smallest absolute Gasteiger partial charge is 0.293 e. The van der Waals surface area contributed by atoms with Crippen LogP contribution in [0, 0.1) is 10.1 Å². The predicted octanol–water partition coefficient (Wildman–Crippen LogP) is 2.68. The largest absolute Gasteiger partial charge is 0.393 e. The van der Waals surface area contributed by atoms with Crippen LogP contribution < -0.4 is 11.5 Å². The summed E-state index contributed by atoms with van der Waals surface area (Å²) in [5.74, 6) is 0.0149. The number of nitrogens with zero attached hydrogens (tertiary/aromatic N) is 2. The fourth-order valence-electron chi connectivity index (χ4n) is 2.61. The Morgan fingerprint density at radius 2 is 2.23 bits per heavy atom. The summed E-state index contributed by atoms with van der Waals surface area (Å²) in [5, 5.41) is 21.3. The van der Waals surface area contributed by atoms with Gasteiger partial charge in [-0.3, -0.25) is 10.1 Å². The summed E-state index contributed by atoms with van der Waals surface area (Å²) in [6.45, 7) is 7.35. The maximum atomic E-state index is 11.4. The Bertz CT molecular complexity index is 772. The first kappa shape index (κ1) is 19.6. The maximum absolute atomic E-state index is 11.4. The Hall–Kier alpha value is -2.71. The van der Waals surface area contributed by atoms with Crippen molar-refractivity contribution in [3.63, 3.8) is 0 Å². The number of ether oxygens (including phenoxy) is 1. The Balaban J connectivity index is 2.56. The van der Waals surface area contributed by atoms with Gasteiger partial charge < -0.3 is 21.3 Å². The SMILES string of the molecule is C=C/C(=C\N=C(/N)C(C)(C)O)c1cc(C2CCCO2)c(N)c([N+](=O)[O-])c1. The third-order valence-corrected chi connectivity index (χ3v) is 4.19. The summed E-state index contributed by atoms with van der Waals surface area (Å²) >= 11 is 0. The van der Waals surface area contributed by atoms with Gasteiger partial charge in [-0.2, -0.15) is 0 Å². The summed E-state index contributed by atoms with van der Waals surface area (Å²) in [5.41, 5.74) is 12.0. The van der Waals surface area contributed by atoms with E-state index in [1.165, 1.54) is 32.2 Å². The minimum Gasteiger partial charge on any atom is -0.393 e. The molecule has 0 radical (unpaired) electrons. The number of nitrogens with two attached hydrogens (primary N) is 2. The fraction of sp³-hybridized carbons (Fsp3) is 0.389. The molecule has 1 saturated heterocycles. The molecule has 2 rings (SSSR count). The van der Waals surface area contributed by atoms with E-state index in [2.05, 4.69) is 11.6 Å². The molecule has 1 unspecified atom stereocenters. The summed E-state index contributed by atoms with van der Waals surface area (Å²) < 4.78 is 5.64. The number of anilines is 1. The molecular formula is C18H24N4O4. The van der Waals surface area contributed by atoms with Crippen molar-refractivity contribution in [3.8, 4) is 0 Å². The lowest BCUT2D eigenvalue weighted by molar-refractivity contribution is -0.384. The fourth-order valence-corrected chi connectivity index (χ4v) is 2.61. The molecule has 1 atom stereocenters. The van der Waals surface area contributed by atoms with E-state index in [4.69, 9.17) is 16.2 Å². The first-order chi connectivity index (χ1) is 12.1. The van der Waals surface area contributed by atoms with Gasteiger partial charge in [-0.15, -0.1) is 0 Å². The number of hydrogen-bond donors (Lipinski definition) is 3. The standard InChI is InChI=1S/C18H24N4O4/c1-4-11(10-21-17(20)18(2,3)23)12-8-13(15-6-5-7-26-15)16(19)14(9-12)22(24)25/h4,8-10,15,23H,1,5-7,19H2,2-3H3,(H2,20,21)/b11-10+. The molecular weight excluding hydrogens is 336 g/mol. The molecule has 1 aliphatic heterocycles. The van der Waals surface area contributed by atoms with E-state index in [0.29, 0.717) is 23.3 Å². The van der Waals surface area contributed by atoms with E-state index in [1.807, 2.05) is 0 Å². The lowest BCUT2D eigenvalue weighted by atomic mass is 9.97. The van der Waals surface area contributed by atoms with Crippen LogP contribution in [0.5, 0.6) is 0 Å². The third kappa shape index (κ3) is 4.27. The maximum Gasteiger partial charge on any atom is 0.293 e. The molecule has 1 aromatic carbocycles. The first-order valence-corrected chi connectivity index (χ1v) is 8.23. The Labute approximate surface area is 152 Å². The highest BCUT2D eigenvalue weighted by Crippen LogP contribution is 2.39. The number of rotatable bonds is 6. The molecule has 5 N–H and O–H groups in total.